The monoisotopic (exact) mass is 395 g/mol. The molecule has 1 aliphatic rings. The molecular weight excluding hydrogens is 370 g/mol. The highest BCUT2D eigenvalue weighted by Crippen LogP contribution is 2.44. The number of halogens is 1. The van der Waals surface area contributed by atoms with Crippen molar-refractivity contribution < 1.29 is 23.8 Å². The Labute approximate surface area is 165 Å². The van der Waals surface area contributed by atoms with Gasteiger partial charge in [-0.3, -0.25) is 0 Å². The maximum atomic E-state index is 12.9. The lowest BCUT2D eigenvalue weighted by Gasteiger charge is -2.31. The van der Waals surface area contributed by atoms with Crippen molar-refractivity contribution in [2.75, 3.05) is 6.61 Å². The van der Waals surface area contributed by atoms with Crippen molar-refractivity contribution in [1.29, 1.82) is 0 Å². The third-order valence-corrected chi connectivity index (χ3v) is 3.91. The molecule has 0 N–H and O–H groups in total. The SMILES string of the molecule is C=Cc1ccc(Cl)c2c1C(N(C(=O)OC(C)(C)C)C(=O)OC(C)(C)C)CO2. The van der Waals surface area contributed by atoms with Crippen molar-refractivity contribution in [2.24, 2.45) is 0 Å². The van der Waals surface area contributed by atoms with Crippen LogP contribution in [0.2, 0.25) is 5.02 Å². The second-order valence-corrected chi connectivity index (χ2v) is 8.65. The molecule has 0 radical (unpaired) electrons. The Morgan fingerprint density at radius 3 is 2.11 bits per heavy atom. The Kier molecular flexibility index (Phi) is 5.80. The van der Waals surface area contributed by atoms with Gasteiger partial charge in [0, 0.05) is 5.56 Å². The molecule has 0 bridgehead atoms. The van der Waals surface area contributed by atoms with Crippen LogP contribution in [0.25, 0.3) is 6.08 Å². The minimum absolute atomic E-state index is 0.0540. The zero-order valence-corrected chi connectivity index (χ0v) is 17.3. The van der Waals surface area contributed by atoms with Crippen molar-refractivity contribution in [3.63, 3.8) is 0 Å². The van der Waals surface area contributed by atoms with Crippen LogP contribution in [0.15, 0.2) is 18.7 Å². The second kappa shape index (κ2) is 7.43. The molecule has 7 heteroatoms. The van der Waals surface area contributed by atoms with Gasteiger partial charge < -0.3 is 14.2 Å². The maximum absolute atomic E-state index is 12.9. The normalized spacial score (nSPS) is 16.2. The van der Waals surface area contributed by atoms with Gasteiger partial charge in [-0.1, -0.05) is 30.3 Å². The fraction of sp³-hybridized carbons (Fsp3) is 0.500. The molecule has 2 rings (SSSR count). The minimum atomic E-state index is -0.812. The summed E-state index contributed by atoms with van der Waals surface area (Å²) in [4.78, 5) is 26.7. The molecule has 1 atom stereocenters. The fourth-order valence-electron chi connectivity index (χ4n) is 2.66. The van der Waals surface area contributed by atoms with Gasteiger partial charge >= 0.3 is 12.2 Å². The summed E-state index contributed by atoms with van der Waals surface area (Å²) in [5, 5.41) is 0.395. The van der Waals surface area contributed by atoms with Crippen molar-refractivity contribution in [2.45, 2.75) is 58.8 Å². The number of nitrogens with zero attached hydrogens (tertiary/aromatic N) is 1. The third kappa shape index (κ3) is 4.95. The number of benzene rings is 1. The molecule has 1 unspecified atom stereocenters. The summed E-state index contributed by atoms with van der Waals surface area (Å²) in [6, 6.07) is 2.71. The molecule has 1 aromatic carbocycles. The Bertz CT molecular complexity index is 733. The standard InChI is InChI=1S/C20H26ClNO5/c1-8-12-9-10-13(21)16-15(12)14(11-25-16)22(17(23)26-19(2,3)4)18(24)27-20(5,6)7/h8-10,14H,1,11H2,2-7H3. The zero-order chi connectivity index (χ0) is 20.6. The van der Waals surface area contributed by atoms with E-state index in [9.17, 15) is 9.59 Å². The zero-order valence-electron chi connectivity index (χ0n) is 16.6. The van der Waals surface area contributed by atoms with E-state index in [4.69, 9.17) is 25.8 Å². The van der Waals surface area contributed by atoms with Gasteiger partial charge in [0.15, 0.2) is 0 Å². The highest BCUT2D eigenvalue weighted by atomic mass is 35.5. The lowest BCUT2D eigenvalue weighted by molar-refractivity contribution is -0.00931. The van der Waals surface area contributed by atoms with E-state index >= 15 is 0 Å². The van der Waals surface area contributed by atoms with Crippen molar-refractivity contribution in [1.82, 2.24) is 4.90 Å². The first kappa shape index (κ1) is 21.1. The molecule has 0 fully saturated rings. The molecule has 1 aromatic rings. The number of hydrogen-bond acceptors (Lipinski definition) is 5. The van der Waals surface area contributed by atoms with E-state index in [2.05, 4.69) is 6.58 Å². The van der Waals surface area contributed by atoms with Crippen LogP contribution in [-0.4, -0.2) is 34.9 Å². The summed E-state index contributed by atoms with van der Waals surface area (Å²) in [5.41, 5.74) is -0.243. The predicted molar refractivity (Wildman–Crippen MR) is 104 cm³/mol. The van der Waals surface area contributed by atoms with Crippen LogP contribution in [0, 0.1) is 0 Å². The van der Waals surface area contributed by atoms with E-state index in [1.807, 2.05) is 0 Å². The van der Waals surface area contributed by atoms with Crippen LogP contribution in [-0.2, 0) is 9.47 Å². The summed E-state index contributed by atoms with van der Waals surface area (Å²) in [6.07, 6.45) is 0.000485. The Morgan fingerprint density at radius 2 is 1.67 bits per heavy atom. The summed E-state index contributed by atoms with van der Waals surface area (Å²) in [6.45, 7) is 14.2. The molecule has 0 spiro atoms. The van der Waals surface area contributed by atoms with Crippen LogP contribution in [0.5, 0.6) is 5.75 Å². The lowest BCUT2D eigenvalue weighted by atomic mass is 10.0. The van der Waals surface area contributed by atoms with E-state index in [1.54, 1.807) is 59.8 Å². The highest BCUT2D eigenvalue weighted by molar-refractivity contribution is 6.32. The van der Waals surface area contributed by atoms with Crippen molar-refractivity contribution in [3.05, 3.63) is 34.9 Å². The average Bonchev–Trinajstić information content (AvgIpc) is 2.90. The molecule has 0 aromatic heterocycles. The molecule has 6 nitrogen and oxygen atoms in total. The van der Waals surface area contributed by atoms with Crippen LogP contribution < -0.4 is 4.74 Å². The van der Waals surface area contributed by atoms with Gasteiger partial charge in [-0.05, 0) is 53.2 Å². The number of amides is 2. The molecule has 148 valence electrons. The molecule has 1 aliphatic heterocycles. The predicted octanol–water partition coefficient (Wildman–Crippen LogP) is 5.59. The fourth-order valence-corrected chi connectivity index (χ4v) is 2.88. The minimum Gasteiger partial charge on any atom is -0.489 e. The first-order chi connectivity index (χ1) is 12.3. The number of carbonyl (C=O) groups excluding carboxylic acids is 2. The molecule has 0 saturated heterocycles. The number of rotatable bonds is 2. The molecular formula is C20H26ClNO5. The molecule has 0 aliphatic carbocycles. The highest BCUT2D eigenvalue weighted by Gasteiger charge is 2.42. The van der Waals surface area contributed by atoms with Gasteiger partial charge in [0.2, 0.25) is 0 Å². The van der Waals surface area contributed by atoms with Crippen LogP contribution in [0.1, 0.15) is 58.7 Å². The Balaban J connectivity index is 2.51. The van der Waals surface area contributed by atoms with Gasteiger partial charge in [0.25, 0.3) is 0 Å². The third-order valence-electron chi connectivity index (χ3n) is 3.61. The summed E-state index contributed by atoms with van der Waals surface area (Å²) in [7, 11) is 0. The topological polar surface area (TPSA) is 65.1 Å². The number of imide groups is 1. The first-order valence-electron chi connectivity index (χ1n) is 8.67. The van der Waals surface area contributed by atoms with E-state index in [0.717, 1.165) is 4.90 Å². The summed E-state index contributed by atoms with van der Waals surface area (Å²) >= 11 is 6.23. The summed E-state index contributed by atoms with van der Waals surface area (Å²) in [5.74, 6) is 0.427. The maximum Gasteiger partial charge on any atom is 0.420 e. The van der Waals surface area contributed by atoms with Crippen LogP contribution >= 0.6 is 11.6 Å². The summed E-state index contributed by atoms with van der Waals surface area (Å²) < 4.78 is 16.6. The van der Waals surface area contributed by atoms with E-state index in [1.165, 1.54) is 0 Å². The van der Waals surface area contributed by atoms with Gasteiger partial charge in [-0.25, -0.2) is 14.5 Å². The van der Waals surface area contributed by atoms with Crippen molar-refractivity contribution >= 4 is 29.9 Å². The largest absolute Gasteiger partial charge is 0.489 e. The molecule has 0 saturated carbocycles. The molecule has 1 heterocycles. The number of fused-ring (bicyclic) bond motifs is 1. The quantitative estimate of drug-likeness (QED) is 0.653. The smallest absolute Gasteiger partial charge is 0.420 e. The van der Waals surface area contributed by atoms with Crippen LogP contribution in [0.3, 0.4) is 0 Å². The van der Waals surface area contributed by atoms with Gasteiger partial charge in [0.05, 0.1) is 5.02 Å². The van der Waals surface area contributed by atoms with Crippen molar-refractivity contribution in [3.8, 4) is 5.75 Å². The van der Waals surface area contributed by atoms with E-state index in [-0.39, 0.29) is 6.61 Å². The van der Waals surface area contributed by atoms with E-state index in [0.29, 0.717) is 21.9 Å². The number of hydrogen-bond donors (Lipinski definition) is 0. The second-order valence-electron chi connectivity index (χ2n) is 8.24. The number of carbonyl (C=O) groups is 2. The van der Waals surface area contributed by atoms with Crippen LogP contribution in [0.4, 0.5) is 9.59 Å². The lowest BCUT2D eigenvalue weighted by Crippen LogP contribution is -2.46. The van der Waals surface area contributed by atoms with Gasteiger partial charge in [-0.2, -0.15) is 0 Å². The van der Waals surface area contributed by atoms with Gasteiger partial charge in [-0.15, -0.1) is 0 Å². The Hall–Kier alpha value is -2.21. The molecule has 2 amide bonds. The van der Waals surface area contributed by atoms with Gasteiger partial charge in [0.1, 0.15) is 29.6 Å². The molecule has 27 heavy (non-hydrogen) atoms. The first-order valence-corrected chi connectivity index (χ1v) is 9.04. The Morgan fingerprint density at radius 1 is 1.15 bits per heavy atom. The van der Waals surface area contributed by atoms with E-state index < -0.39 is 29.4 Å². The average molecular weight is 396 g/mol. The number of ether oxygens (including phenoxy) is 3.